The molecule has 0 saturated carbocycles. The Kier molecular flexibility index (Phi) is 7.30. The summed E-state index contributed by atoms with van der Waals surface area (Å²) in [6, 6.07) is 5.33. The maximum atomic E-state index is 4.36. The van der Waals surface area contributed by atoms with Crippen molar-refractivity contribution in [1.82, 2.24) is 20.1 Å². The van der Waals surface area contributed by atoms with Crippen LogP contribution < -0.4 is 5.32 Å². The summed E-state index contributed by atoms with van der Waals surface area (Å²) in [5.41, 5.74) is 1.36. The lowest BCUT2D eigenvalue weighted by molar-refractivity contribution is 0.108. The van der Waals surface area contributed by atoms with Gasteiger partial charge in [0.1, 0.15) is 0 Å². The highest BCUT2D eigenvalue weighted by Crippen LogP contribution is 2.23. The molecule has 1 aromatic heterocycles. The minimum Gasteiger partial charge on any atom is -0.312 e. The van der Waals surface area contributed by atoms with E-state index in [1.165, 1.54) is 31.5 Å². The highest BCUT2D eigenvalue weighted by atomic mass is 15.3. The predicted octanol–water partition coefficient (Wildman–Crippen LogP) is 2.54. The molecule has 2 rings (SSSR count). The number of pyridine rings is 1. The second kappa shape index (κ2) is 9.23. The second-order valence-electron chi connectivity index (χ2n) is 6.45. The van der Waals surface area contributed by atoms with Crippen LogP contribution in [0.4, 0.5) is 0 Å². The molecule has 0 spiro atoms. The predicted molar refractivity (Wildman–Crippen MR) is 93.0 cm³/mol. The van der Waals surface area contributed by atoms with Crippen molar-refractivity contribution in [2.45, 2.75) is 45.7 Å². The van der Waals surface area contributed by atoms with Crippen LogP contribution in [0.1, 0.15) is 45.2 Å². The first-order valence-electron chi connectivity index (χ1n) is 8.84. The summed E-state index contributed by atoms with van der Waals surface area (Å²) in [5.74, 6) is 0. The number of rotatable bonds is 8. The summed E-state index contributed by atoms with van der Waals surface area (Å²) < 4.78 is 0. The zero-order valence-electron chi connectivity index (χ0n) is 14.5. The average molecular weight is 304 g/mol. The molecule has 0 amide bonds. The van der Waals surface area contributed by atoms with Crippen molar-refractivity contribution in [1.29, 1.82) is 0 Å². The van der Waals surface area contributed by atoms with Crippen molar-refractivity contribution in [2.24, 2.45) is 0 Å². The minimum absolute atomic E-state index is 0.455. The molecule has 0 aliphatic carbocycles. The van der Waals surface area contributed by atoms with Crippen LogP contribution in [0.3, 0.4) is 0 Å². The van der Waals surface area contributed by atoms with Crippen LogP contribution in [0.2, 0.25) is 0 Å². The maximum absolute atomic E-state index is 4.36. The van der Waals surface area contributed by atoms with Crippen molar-refractivity contribution >= 4 is 0 Å². The van der Waals surface area contributed by atoms with Crippen LogP contribution >= 0.6 is 0 Å². The zero-order valence-corrected chi connectivity index (χ0v) is 14.5. The average Bonchev–Trinajstić information content (AvgIpc) is 2.54. The van der Waals surface area contributed by atoms with E-state index < -0.39 is 0 Å². The number of hydrogen-bond donors (Lipinski definition) is 1. The van der Waals surface area contributed by atoms with Gasteiger partial charge >= 0.3 is 0 Å². The molecule has 1 aliphatic heterocycles. The van der Waals surface area contributed by atoms with E-state index in [2.05, 4.69) is 53.0 Å². The van der Waals surface area contributed by atoms with Gasteiger partial charge in [-0.05, 0) is 44.5 Å². The smallest absolute Gasteiger partial charge is 0.0491 e. The monoisotopic (exact) mass is 304 g/mol. The van der Waals surface area contributed by atoms with Gasteiger partial charge in [0.05, 0.1) is 0 Å². The van der Waals surface area contributed by atoms with Gasteiger partial charge in [-0.1, -0.05) is 19.9 Å². The Morgan fingerprint density at radius 2 is 2.14 bits per heavy atom. The van der Waals surface area contributed by atoms with Gasteiger partial charge in [-0.25, -0.2) is 0 Å². The molecule has 0 radical (unpaired) electrons. The fourth-order valence-corrected chi connectivity index (χ4v) is 3.42. The van der Waals surface area contributed by atoms with E-state index in [9.17, 15) is 0 Å². The van der Waals surface area contributed by atoms with Crippen LogP contribution in [0.15, 0.2) is 24.5 Å². The van der Waals surface area contributed by atoms with Crippen LogP contribution in [0.5, 0.6) is 0 Å². The van der Waals surface area contributed by atoms with Crippen LogP contribution in [-0.2, 0) is 0 Å². The van der Waals surface area contributed by atoms with Gasteiger partial charge < -0.3 is 10.2 Å². The Morgan fingerprint density at radius 3 is 2.73 bits per heavy atom. The lowest BCUT2D eigenvalue weighted by Gasteiger charge is -2.40. The number of piperazine rings is 1. The van der Waals surface area contributed by atoms with E-state index in [1.54, 1.807) is 0 Å². The van der Waals surface area contributed by atoms with Crippen LogP contribution in [0.25, 0.3) is 0 Å². The summed E-state index contributed by atoms with van der Waals surface area (Å²) in [5, 5.41) is 3.55. The first-order valence-corrected chi connectivity index (χ1v) is 8.84. The summed E-state index contributed by atoms with van der Waals surface area (Å²) in [6.45, 7) is 13.6. The van der Waals surface area contributed by atoms with Crippen molar-refractivity contribution in [2.75, 3.05) is 39.3 Å². The van der Waals surface area contributed by atoms with Crippen molar-refractivity contribution < 1.29 is 0 Å². The van der Waals surface area contributed by atoms with Gasteiger partial charge in [0, 0.05) is 50.7 Å². The third kappa shape index (κ3) is 5.04. The molecule has 4 heteroatoms. The molecule has 2 heterocycles. The highest BCUT2D eigenvalue weighted by Gasteiger charge is 2.26. The summed E-state index contributed by atoms with van der Waals surface area (Å²) in [4.78, 5) is 9.61. The molecule has 1 N–H and O–H groups in total. The molecule has 0 aromatic carbocycles. The van der Waals surface area contributed by atoms with E-state index in [0.717, 1.165) is 26.2 Å². The topological polar surface area (TPSA) is 31.4 Å². The van der Waals surface area contributed by atoms with Gasteiger partial charge in [-0.15, -0.1) is 0 Å². The summed E-state index contributed by atoms with van der Waals surface area (Å²) >= 11 is 0. The first-order chi connectivity index (χ1) is 10.7. The number of hydrogen-bond acceptors (Lipinski definition) is 4. The molecule has 0 bridgehead atoms. The molecule has 1 aliphatic rings. The fourth-order valence-electron chi connectivity index (χ4n) is 3.42. The van der Waals surface area contributed by atoms with E-state index in [4.69, 9.17) is 0 Å². The second-order valence-corrected chi connectivity index (χ2v) is 6.45. The van der Waals surface area contributed by atoms with Crippen molar-refractivity contribution in [3.63, 3.8) is 0 Å². The SMILES string of the molecule is CCCN(CCC)CC(c1cccnc1)N1CCNC(C)C1. The zero-order chi connectivity index (χ0) is 15.8. The normalized spacial score (nSPS) is 21.2. The van der Waals surface area contributed by atoms with E-state index in [1.807, 2.05) is 12.4 Å². The molecule has 22 heavy (non-hydrogen) atoms. The number of nitrogens with zero attached hydrogens (tertiary/aromatic N) is 3. The first kappa shape index (κ1) is 17.4. The summed E-state index contributed by atoms with van der Waals surface area (Å²) in [6.07, 6.45) is 6.36. The minimum atomic E-state index is 0.455. The van der Waals surface area contributed by atoms with Gasteiger partial charge in [0.15, 0.2) is 0 Å². The third-order valence-corrected chi connectivity index (χ3v) is 4.42. The maximum Gasteiger partial charge on any atom is 0.0491 e. The molecule has 2 atom stereocenters. The Bertz CT molecular complexity index is 403. The van der Waals surface area contributed by atoms with Crippen LogP contribution in [-0.4, -0.2) is 60.1 Å². The third-order valence-electron chi connectivity index (χ3n) is 4.42. The quantitative estimate of drug-likeness (QED) is 0.800. The molecule has 1 saturated heterocycles. The van der Waals surface area contributed by atoms with E-state index in [0.29, 0.717) is 12.1 Å². The lowest BCUT2D eigenvalue weighted by atomic mass is 10.0. The van der Waals surface area contributed by atoms with Crippen molar-refractivity contribution in [3.8, 4) is 0 Å². The lowest BCUT2D eigenvalue weighted by Crippen LogP contribution is -2.52. The van der Waals surface area contributed by atoms with Crippen LogP contribution in [0, 0.1) is 0 Å². The van der Waals surface area contributed by atoms with Crippen molar-refractivity contribution in [3.05, 3.63) is 30.1 Å². The van der Waals surface area contributed by atoms with E-state index >= 15 is 0 Å². The Balaban J connectivity index is 2.13. The molecular formula is C18H32N4. The summed E-state index contributed by atoms with van der Waals surface area (Å²) in [7, 11) is 0. The van der Waals surface area contributed by atoms with Gasteiger partial charge in [-0.2, -0.15) is 0 Å². The molecule has 2 unspecified atom stereocenters. The standard InChI is InChI=1S/C18H32N4/c1-4-10-21(11-5-2)15-18(17-7-6-8-19-13-17)22-12-9-20-16(3)14-22/h6-8,13,16,18,20H,4-5,9-12,14-15H2,1-3H3. The Labute approximate surface area is 135 Å². The molecule has 4 nitrogen and oxygen atoms in total. The van der Waals surface area contributed by atoms with Gasteiger partial charge in [0.25, 0.3) is 0 Å². The number of aromatic nitrogens is 1. The Morgan fingerprint density at radius 1 is 1.36 bits per heavy atom. The number of nitrogens with one attached hydrogen (secondary N) is 1. The van der Waals surface area contributed by atoms with E-state index in [-0.39, 0.29) is 0 Å². The largest absolute Gasteiger partial charge is 0.312 e. The molecular weight excluding hydrogens is 272 g/mol. The molecule has 124 valence electrons. The molecule has 1 fully saturated rings. The highest BCUT2D eigenvalue weighted by molar-refractivity contribution is 5.15. The Hall–Kier alpha value is -0.970. The molecule has 1 aromatic rings. The van der Waals surface area contributed by atoms with Gasteiger partial charge in [-0.3, -0.25) is 9.88 Å². The fraction of sp³-hybridized carbons (Fsp3) is 0.722. The van der Waals surface area contributed by atoms with Gasteiger partial charge in [0.2, 0.25) is 0 Å².